The summed E-state index contributed by atoms with van der Waals surface area (Å²) < 4.78 is 25.9. The minimum absolute atomic E-state index is 0.0527. The van der Waals surface area contributed by atoms with Gasteiger partial charge in [-0.1, -0.05) is 19.1 Å². The monoisotopic (exact) mass is 264 g/mol. The van der Waals surface area contributed by atoms with Crippen LogP contribution in [0.4, 0.5) is 0 Å². The number of nitrogens with zero attached hydrogens (tertiary/aromatic N) is 1. The van der Waals surface area contributed by atoms with Crippen molar-refractivity contribution in [2.24, 2.45) is 11.7 Å². The lowest BCUT2D eigenvalue weighted by Crippen LogP contribution is -2.44. The highest BCUT2D eigenvalue weighted by Gasteiger charge is 2.34. The van der Waals surface area contributed by atoms with Crippen molar-refractivity contribution in [3.05, 3.63) is 0 Å². The van der Waals surface area contributed by atoms with E-state index in [4.69, 9.17) is 18.0 Å². The van der Waals surface area contributed by atoms with Gasteiger partial charge >= 0.3 is 0 Å². The first-order valence-electron chi connectivity index (χ1n) is 5.67. The van der Waals surface area contributed by atoms with Crippen molar-refractivity contribution in [2.75, 3.05) is 13.1 Å². The molecular formula is C10H20N2O2S2. The predicted molar refractivity (Wildman–Crippen MR) is 69.8 cm³/mol. The average molecular weight is 264 g/mol. The minimum Gasteiger partial charge on any atom is -0.392 e. The fraction of sp³-hybridized carbons (Fsp3) is 0.900. The molecule has 0 saturated heterocycles. The van der Waals surface area contributed by atoms with Crippen molar-refractivity contribution < 1.29 is 8.42 Å². The SMILES string of the molecule is CCCN(CC1CC1)S(=O)(=O)C(C)C(N)=S. The average Bonchev–Trinajstić information content (AvgIpc) is 2.99. The van der Waals surface area contributed by atoms with Crippen LogP contribution in [0.5, 0.6) is 0 Å². The number of hydrogen-bond acceptors (Lipinski definition) is 3. The Hall–Kier alpha value is -0.200. The zero-order valence-corrected chi connectivity index (χ0v) is 11.5. The Labute approximate surface area is 103 Å². The van der Waals surface area contributed by atoms with Gasteiger partial charge in [0.25, 0.3) is 0 Å². The Morgan fingerprint density at radius 3 is 2.50 bits per heavy atom. The molecule has 16 heavy (non-hydrogen) atoms. The van der Waals surface area contributed by atoms with E-state index in [0.717, 1.165) is 19.3 Å². The van der Waals surface area contributed by atoms with Gasteiger partial charge in [0, 0.05) is 13.1 Å². The van der Waals surface area contributed by atoms with Crippen molar-refractivity contribution in [2.45, 2.75) is 38.4 Å². The van der Waals surface area contributed by atoms with Crippen LogP contribution in [0.2, 0.25) is 0 Å². The van der Waals surface area contributed by atoms with E-state index in [1.54, 1.807) is 11.2 Å². The lowest BCUT2D eigenvalue weighted by molar-refractivity contribution is 0.394. The summed E-state index contributed by atoms with van der Waals surface area (Å²) in [6, 6.07) is 0. The molecule has 1 atom stereocenters. The van der Waals surface area contributed by atoms with Gasteiger partial charge in [-0.25, -0.2) is 12.7 Å². The van der Waals surface area contributed by atoms with E-state index in [-0.39, 0.29) is 4.99 Å². The van der Waals surface area contributed by atoms with Crippen LogP contribution in [0.3, 0.4) is 0 Å². The molecule has 0 aromatic heterocycles. The minimum atomic E-state index is -3.35. The van der Waals surface area contributed by atoms with E-state index in [1.807, 2.05) is 6.92 Å². The molecule has 0 bridgehead atoms. The summed E-state index contributed by atoms with van der Waals surface area (Å²) in [4.78, 5) is 0.0527. The summed E-state index contributed by atoms with van der Waals surface area (Å²) in [7, 11) is -3.35. The van der Waals surface area contributed by atoms with Crippen LogP contribution >= 0.6 is 12.2 Å². The lowest BCUT2D eigenvalue weighted by atomic mass is 10.4. The maximum Gasteiger partial charge on any atom is 0.223 e. The number of thiocarbonyl (C=S) groups is 1. The van der Waals surface area contributed by atoms with Crippen molar-refractivity contribution in [1.82, 2.24) is 4.31 Å². The molecule has 1 unspecified atom stereocenters. The fourth-order valence-electron chi connectivity index (χ4n) is 1.53. The zero-order chi connectivity index (χ0) is 12.3. The maximum absolute atomic E-state index is 12.2. The Morgan fingerprint density at radius 1 is 1.56 bits per heavy atom. The summed E-state index contributed by atoms with van der Waals surface area (Å²) in [6.45, 7) is 4.73. The first-order chi connectivity index (χ1) is 7.39. The molecule has 0 radical (unpaired) electrons. The third-order valence-corrected chi connectivity index (χ3v) is 5.54. The Balaban J connectivity index is 2.77. The standard InChI is InChI=1S/C10H20N2O2S2/c1-3-6-12(7-9-4-5-9)16(13,14)8(2)10(11)15/h8-9H,3-7H2,1-2H3,(H2,11,15). The molecule has 2 N–H and O–H groups in total. The van der Waals surface area contributed by atoms with Gasteiger partial charge in [0.05, 0.1) is 4.99 Å². The van der Waals surface area contributed by atoms with Crippen molar-refractivity contribution in [3.63, 3.8) is 0 Å². The molecule has 1 rings (SSSR count). The molecule has 6 heteroatoms. The van der Waals surface area contributed by atoms with E-state index in [0.29, 0.717) is 19.0 Å². The molecule has 1 aliphatic rings. The van der Waals surface area contributed by atoms with E-state index in [2.05, 4.69) is 0 Å². The maximum atomic E-state index is 12.2. The summed E-state index contributed by atoms with van der Waals surface area (Å²) in [5.41, 5.74) is 5.43. The Kier molecular flexibility index (Phi) is 4.70. The van der Waals surface area contributed by atoms with Crippen LogP contribution in [0.1, 0.15) is 33.1 Å². The van der Waals surface area contributed by atoms with Gasteiger partial charge < -0.3 is 5.73 Å². The molecular weight excluding hydrogens is 244 g/mol. The van der Waals surface area contributed by atoms with E-state index in [1.165, 1.54) is 0 Å². The number of nitrogens with two attached hydrogens (primary N) is 1. The second-order valence-electron chi connectivity index (χ2n) is 4.39. The molecule has 94 valence electrons. The smallest absolute Gasteiger partial charge is 0.223 e. The Bertz CT molecular complexity index is 350. The van der Waals surface area contributed by atoms with Crippen LogP contribution in [-0.4, -0.2) is 36.1 Å². The lowest BCUT2D eigenvalue weighted by Gasteiger charge is -2.24. The second kappa shape index (κ2) is 5.42. The topological polar surface area (TPSA) is 63.4 Å². The molecule has 0 spiro atoms. The van der Waals surface area contributed by atoms with Crippen molar-refractivity contribution in [3.8, 4) is 0 Å². The first-order valence-corrected chi connectivity index (χ1v) is 7.59. The van der Waals surface area contributed by atoms with Gasteiger partial charge in [-0.2, -0.15) is 0 Å². The van der Waals surface area contributed by atoms with E-state index >= 15 is 0 Å². The molecule has 4 nitrogen and oxygen atoms in total. The van der Waals surface area contributed by atoms with Crippen LogP contribution in [-0.2, 0) is 10.0 Å². The third kappa shape index (κ3) is 3.40. The second-order valence-corrected chi connectivity index (χ2v) is 7.12. The molecule has 1 saturated carbocycles. The van der Waals surface area contributed by atoms with E-state index in [9.17, 15) is 8.42 Å². The zero-order valence-electron chi connectivity index (χ0n) is 9.85. The van der Waals surface area contributed by atoms with Crippen molar-refractivity contribution in [1.29, 1.82) is 0 Å². The molecule has 0 aromatic rings. The Morgan fingerprint density at radius 2 is 2.12 bits per heavy atom. The summed E-state index contributed by atoms with van der Waals surface area (Å²) in [5.74, 6) is 0.542. The van der Waals surface area contributed by atoms with Gasteiger partial charge in [0.15, 0.2) is 0 Å². The predicted octanol–water partition coefficient (Wildman–Crippen LogP) is 1.11. The van der Waals surface area contributed by atoms with Gasteiger partial charge in [-0.05, 0) is 32.1 Å². The molecule has 0 aromatic carbocycles. The molecule has 0 amide bonds. The molecule has 1 aliphatic carbocycles. The molecule has 1 fully saturated rings. The number of hydrogen-bond donors (Lipinski definition) is 1. The van der Waals surface area contributed by atoms with Gasteiger partial charge in [-0.15, -0.1) is 0 Å². The highest BCUT2D eigenvalue weighted by atomic mass is 32.2. The number of rotatable bonds is 7. The van der Waals surface area contributed by atoms with Gasteiger partial charge in [0.1, 0.15) is 5.25 Å². The van der Waals surface area contributed by atoms with Crippen molar-refractivity contribution >= 4 is 27.2 Å². The summed E-state index contributed by atoms with van der Waals surface area (Å²) in [5, 5.41) is -0.757. The quantitative estimate of drug-likeness (QED) is 0.700. The molecule has 0 heterocycles. The highest BCUT2D eigenvalue weighted by Crippen LogP contribution is 2.31. The highest BCUT2D eigenvalue weighted by molar-refractivity contribution is 7.92. The van der Waals surface area contributed by atoms with Gasteiger partial charge in [0.2, 0.25) is 10.0 Å². The normalized spacial score (nSPS) is 18.7. The first kappa shape index (κ1) is 13.9. The largest absolute Gasteiger partial charge is 0.392 e. The summed E-state index contributed by atoms with van der Waals surface area (Å²) in [6.07, 6.45) is 3.09. The summed E-state index contributed by atoms with van der Waals surface area (Å²) >= 11 is 4.77. The molecule has 0 aliphatic heterocycles. The van der Waals surface area contributed by atoms with E-state index < -0.39 is 15.3 Å². The van der Waals surface area contributed by atoms with Crippen LogP contribution < -0.4 is 5.73 Å². The number of sulfonamides is 1. The fourth-order valence-corrected chi connectivity index (χ4v) is 3.49. The third-order valence-electron chi connectivity index (χ3n) is 2.84. The van der Waals surface area contributed by atoms with Crippen LogP contribution in [0.25, 0.3) is 0 Å². The van der Waals surface area contributed by atoms with Crippen LogP contribution in [0.15, 0.2) is 0 Å². The van der Waals surface area contributed by atoms with Crippen LogP contribution in [0, 0.1) is 5.92 Å². The van der Waals surface area contributed by atoms with Gasteiger partial charge in [-0.3, -0.25) is 0 Å².